The van der Waals surface area contributed by atoms with E-state index < -0.39 is 16.9 Å². The molecule has 0 aliphatic rings. The van der Waals surface area contributed by atoms with Crippen molar-refractivity contribution in [2.24, 2.45) is 0 Å². The van der Waals surface area contributed by atoms with Crippen molar-refractivity contribution in [2.45, 2.75) is 19.5 Å². The van der Waals surface area contributed by atoms with Gasteiger partial charge < -0.3 is 0 Å². The number of benzene rings is 4. The van der Waals surface area contributed by atoms with Crippen LogP contribution in [0.4, 0.5) is 0 Å². The molecule has 0 fully saturated rings. The molecule has 0 aromatic heterocycles. The lowest BCUT2D eigenvalue weighted by Gasteiger charge is -2.37. The predicted molar refractivity (Wildman–Crippen MR) is 141 cm³/mol. The van der Waals surface area contributed by atoms with Gasteiger partial charge in [0.25, 0.3) is 0 Å². The van der Waals surface area contributed by atoms with Crippen LogP contribution in [0.15, 0.2) is 121 Å². The van der Waals surface area contributed by atoms with Crippen LogP contribution in [0.3, 0.4) is 0 Å². The molecule has 0 bridgehead atoms. The van der Waals surface area contributed by atoms with E-state index in [-0.39, 0.29) is 7.02 Å². The van der Waals surface area contributed by atoms with Crippen molar-refractivity contribution in [3.63, 3.8) is 0 Å². The third-order valence-electron chi connectivity index (χ3n) is 5.65. The van der Waals surface area contributed by atoms with Gasteiger partial charge in [0.2, 0.25) is 0 Å². The van der Waals surface area contributed by atoms with Gasteiger partial charge in [-0.15, -0.1) is 7.02 Å². The van der Waals surface area contributed by atoms with Gasteiger partial charge in [-0.25, -0.2) is 0 Å². The molecular weight excluding hydrogens is 411 g/mol. The second-order valence-electron chi connectivity index (χ2n) is 7.99. The van der Waals surface area contributed by atoms with E-state index in [1.54, 1.807) is 20.7 Å². The summed E-state index contributed by atoms with van der Waals surface area (Å²) >= 11 is 0. The Labute approximate surface area is 185 Å². The molecule has 0 saturated heterocycles. The van der Waals surface area contributed by atoms with E-state index in [1.807, 2.05) is 0 Å². The highest BCUT2D eigenvalue weighted by Gasteiger charge is 2.37. The fourth-order valence-electron chi connectivity index (χ4n) is 4.36. The second kappa shape index (κ2) is 10.2. The highest BCUT2D eigenvalue weighted by atomic mass is 31.6. The summed E-state index contributed by atoms with van der Waals surface area (Å²) in [7, 11) is -2.96. The number of hydrogen-bond donors (Lipinski definition) is 0. The minimum Gasteiger partial charge on any atom is -0.114 e. The third-order valence-corrected chi connectivity index (χ3v) is 28.2. The maximum atomic E-state index is 2.48. The predicted octanol–water partition coefficient (Wildman–Crippen LogP) is 3.95. The SMILES string of the molecule is CC(C)P([SiH](c1ccccc1)c1ccccc1)[SiH](c1ccccc1)c1ccccc1. The van der Waals surface area contributed by atoms with Crippen LogP contribution < -0.4 is 20.7 Å². The first kappa shape index (κ1) is 21.0. The summed E-state index contributed by atoms with van der Waals surface area (Å²) in [6, 6.07) is 45.6. The summed E-state index contributed by atoms with van der Waals surface area (Å²) in [5.41, 5.74) is 0.689. The molecule has 0 heterocycles. The van der Waals surface area contributed by atoms with Crippen molar-refractivity contribution in [2.75, 3.05) is 0 Å². The Kier molecular flexibility index (Phi) is 7.12. The van der Waals surface area contributed by atoms with Crippen molar-refractivity contribution < 1.29 is 0 Å². The summed E-state index contributed by atoms with van der Waals surface area (Å²) in [5.74, 6) is 0. The first-order valence-corrected chi connectivity index (χ1v) is 17.7. The van der Waals surface area contributed by atoms with Crippen molar-refractivity contribution >= 4 is 44.7 Å². The van der Waals surface area contributed by atoms with Gasteiger partial charge in [0.15, 0.2) is 0 Å². The lowest BCUT2D eigenvalue weighted by Crippen LogP contribution is -2.52. The molecule has 150 valence electrons. The molecule has 3 heteroatoms. The zero-order valence-electron chi connectivity index (χ0n) is 17.7. The third kappa shape index (κ3) is 4.73. The van der Waals surface area contributed by atoms with E-state index in [1.165, 1.54) is 0 Å². The minimum absolute atomic E-state index is 0.174. The van der Waals surface area contributed by atoms with Gasteiger partial charge in [0, 0.05) is 0 Å². The fourth-order valence-corrected chi connectivity index (χ4v) is 29.9. The van der Waals surface area contributed by atoms with Crippen LogP contribution in [0.25, 0.3) is 0 Å². The molecule has 0 saturated carbocycles. The molecule has 0 nitrogen and oxygen atoms in total. The summed E-state index contributed by atoms with van der Waals surface area (Å²) < 4.78 is 0. The Morgan fingerprint density at radius 3 is 0.867 bits per heavy atom. The molecule has 4 aromatic carbocycles. The average molecular weight is 441 g/mol. The van der Waals surface area contributed by atoms with Crippen LogP contribution in [0.2, 0.25) is 0 Å². The minimum atomic E-state index is -1.39. The Balaban J connectivity index is 1.92. The zero-order chi connectivity index (χ0) is 20.8. The first-order chi connectivity index (χ1) is 14.8. The van der Waals surface area contributed by atoms with E-state index in [2.05, 4.69) is 135 Å². The number of hydrogen-bond acceptors (Lipinski definition) is 0. The van der Waals surface area contributed by atoms with Crippen molar-refractivity contribution in [1.29, 1.82) is 0 Å². The molecule has 4 rings (SSSR count). The molecule has 0 unspecified atom stereocenters. The van der Waals surface area contributed by atoms with Crippen LogP contribution >= 0.6 is 7.02 Å². The molecule has 0 aliphatic heterocycles. The molecule has 0 spiro atoms. The summed E-state index contributed by atoms with van der Waals surface area (Å²) in [6.07, 6.45) is 0. The monoisotopic (exact) mass is 440 g/mol. The zero-order valence-corrected chi connectivity index (χ0v) is 20.9. The van der Waals surface area contributed by atoms with Gasteiger partial charge in [-0.1, -0.05) is 156 Å². The topological polar surface area (TPSA) is 0 Å². The van der Waals surface area contributed by atoms with E-state index in [9.17, 15) is 0 Å². The van der Waals surface area contributed by atoms with Gasteiger partial charge in [-0.3, -0.25) is 0 Å². The summed E-state index contributed by atoms with van der Waals surface area (Å²) in [6.45, 7) is 4.95. The first-order valence-electron chi connectivity index (χ1n) is 10.7. The standard InChI is InChI=1S/C27H29PSi2/c1-23(2)28(29(24-15-7-3-8-16-24)25-17-9-4-10-18-25)30(26-19-11-5-12-20-26)27-21-13-6-14-22-27/h3-23,29-30H,1-2H3. The van der Waals surface area contributed by atoms with Crippen LogP contribution in [0.5, 0.6) is 0 Å². The lowest BCUT2D eigenvalue weighted by atomic mass is 10.4. The molecule has 0 atom stereocenters. The van der Waals surface area contributed by atoms with Gasteiger partial charge >= 0.3 is 0 Å². The highest BCUT2D eigenvalue weighted by molar-refractivity contribution is 8.17. The largest absolute Gasteiger partial charge is 0.125 e. The van der Waals surface area contributed by atoms with E-state index in [0.717, 1.165) is 0 Å². The quantitative estimate of drug-likeness (QED) is 0.302. The summed E-state index contributed by atoms with van der Waals surface area (Å²) in [4.78, 5) is 0. The lowest BCUT2D eigenvalue weighted by molar-refractivity contribution is 1.11. The Bertz CT molecular complexity index is 859. The van der Waals surface area contributed by atoms with Crippen LogP contribution in [-0.2, 0) is 0 Å². The molecular formula is C27H29PSi2. The second-order valence-corrected chi connectivity index (χ2v) is 22.7. The normalized spacial score (nSPS) is 11.5. The Morgan fingerprint density at radius 1 is 0.433 bits per heavy atom. The van der Waals surface area contributed by atoms with Gasteiger partial charge in [0.05, 0.1) is 0 Å². The maximum absolute atomic E-state index is 2.48. The smallest absolute Gasteiger partial charge is 0.114 e. The van der Waals surface area contributed by atoms with E-state index in [4.69, 9.17) is 0 Å². The highest BCUT2D eigenvalue weighted by Crippen LogP contribution is 2.46. The van der Waals surface area contributed by atoms with Crippen LogP contribution in [0, 0.1) is 0 Å². The fraction of sp³-hybridized carbons (Fsp3) is 0.111. The van der Waals surface area contributed by atoms with Crippen LogP contribution in [0.1, 0.15) is 13.8 Å². The summed E-state index contributed by atoms with van der Waals surface area (Å²) in [5, 5.41) is 6.36. The maximum Gasteiger partial charge on any atom is 0.125 e. The molecule has 4 aromatic rings. The molecule has 0 amide bonds. The molecule has 0 radical (unpaired) electrons. The average Bonchev–Trinajstić information content (AvgIpc) is 2.81. The van der Waals surface area contributed by atoms with Gasteiger partial charge in [-0.05, 0) is 5.66 Å². The van der Waals surface area contributed by atoms with Gasteiger partial charge in [-0.2, -0.15) is 0 Å². The van der Waals surface area contributed by atoms with E-state index >= 15 is 0 Å². The van der Waals surface area contributed by atoms with Crippen LogP contribution in [-0.4, -0.2) is 22.6 Å². The molecule has 30 heavy (non-hydrogen) atoms. The van der Waals surface area contributed by atoms with Crippen molar-refractivity contribution in [1.82, 2.24) is 0 Å². The molecule has 0 N–H and O–H groups in total. The Hall–Kier alpha value is -2.26. The van der Waals surface area contributed by atoms with Crippen molar-refractivity contribution in [3.8, 4) is 0 Å². The Morgan fingerprint density at radius 2 is 0.667 bits per heavy atom. The van der Waals surface area contributed by atoms with Gasteiger partial charge in [0.1, 0.15) is 16.9 Å². The molecule has 0 aliphatic carbocycles. The van der Waals surface area contributed by atoms with E-state index in [0.29, 0.717) is 5.66 Å². The van der Waals surface area contributed by atoms with Crippen molar-refractivity contribution in [3.05, 3.63) is 121 Å². The number of rotatable bonds is 7.